The van der Waals surface area contributed by atoms with Gasteiger partial charge in [0.2, 0.25) is 0 Å². The van der Waals surface area contributed by atoms with Gasteiger partial charge in [0.15, 0.2) is 0 Å². The van der Waals surface area contributed by atoms with E-state index in [0.29, 0.717) is 5.82 Å². The summed E-state index contributed by atoms with van der Waals surface area (Å²) in [5, 5.41) is 9.97. The van der Waals surface area contributed by atoms with E-state index in [4.69, 9.17) is 0 Å². The molecule has 1 aromatic heterocycles. The van der Waals surface area contributed by atoms with Crippen LogP contribution in [-0.2, 0) is 0 Å². The molecule has 1 atom stereocenters. The number of aromatic nitrogens is 2. The van der Waals surface area contributed by atoms with E-state index in [1.807, 2.05) is 0 Å². The van der Waals surface area contributed by atoms with Crippen molar-refractivity contribution in [3.63, 3.8) is 0 Å². The number of aryl methyl sites for hydroxylation is 1. The van der Waals surface area contributed by atoms with Gasteiger partial charge in [-0.2, -0.15) is 18.3 Å². The summed E-state index contributed by atoms with van der Waals surface area (Å²) in [4.78, 5) is 0. The van der Waals surface area contributed by atoms with Crippen molar-refractivity contribution in [3.05, 3.63) is 17.8 Å². The van der Waals surface area contributed by atoms with E-state index in [1.165, 1.54) is 6.92 Å². The molecule has 0 aromatic carbocycles. The number of hydrogen-bond donors (Lipinski definition) is 1. The van der Waals surface area contributed by atoms with E-state index in [1.54, 1.807) is 19.2 Å². The molecule has 84 valence electrons. The van der Waals surface area contributed by atoms with Crippen LogP contribution < -0.4 is 5.32 Å². The highest BCUT2D eigenvalue weighted by Gasteiger charge is 2.30. The molecule has 0 spiro atoms. The largest absolute Gasteiger partial charge is 0.391 e. The predicted molar refractivity (Wildman–Crippen MR) is 50.5 cm³/mol. The molecule has 15 heavy (non-hydrogen) atoms. The van der Waals surface area contributed by atoms with Crippen LogP contribution in [0.3, 0.4) is 0 Å². The SMILES string of the molecule is Cc1cnnc(NC(C)CC(F)(F)F)c1. The van der Waals surface area contributed by atoms with Crippen molar-refractivity contribution in [2.45, 2.75) is 32.5 Å². The number of anilines is 1. The van der Waals surface area contributed by atoms with Gasteiger partial charge in [0.25, 0.3) is 0 Å². The highest BCUT2D eigenvalue weighted by atomic mass is 19.4. The van der Waals surface area contributed by atoms with Crippen molar-refractivity contribution in [2.75, 3.05) is 5.32 Å². The highest BCUT2D eigenvalue weighted by Crippen LogP contribution is 2.22. The van der Waals surface area contributed by atoms with Gasteiger partial charge in [-0.05, 0) is 25.5 Å². The molecule has 1 unspecified atom stereocenters. The lowest BCUT2D eigenvalue weighted by atomic mass is 10.2. The molecule has 1 heterocycles. The lowest BCUT2D eigenvalue weighted by molar-refractivity contribution is -0.136. The summed E-state index contributed by atoms with van der Waals surface area (Å²) < 4.78 is 36.0. The van der Waals surface area contributed by atoms with Crippen LogP contribution in [0.15, 0.2) is 12.3 Å². The van der Waals surface area contributed by atoms with Gasteiger partial charge in [0.1, 0.15) is 5.82 Å². The van der Waals surface area contributed by atoms with Crippen LogP contribution in [0.25, 0.3) is 0 Å². The molecule has 0 fully saturated rings. The molecule has 0 saturated heterocycles. The Morgan fingerprint density at radius 1 is 1.47 bits per heavy atom. The fourth-order valence-corrected chi connectivity index (χ4v) is 1.19. The molecule has 1 N–H and O–H groups in total. The first-order valence-electron chi connectivity index (χ1n) is 4.49. The Labute approximate surface area is 85.7 Å². The first kappa shape index (κ1) is 11.7. The van der Waals surface area contributed by atoms with E-state index in [9.17, 15) is 13.2 Å². The summed E-state index contributed by atoms with van der Waals surface area (Å²) in [6.07, 6.45) is -3.51. The van der Waals surface area contributed by atoms with E-state index >= 15 is 0 Å². The smallest absolute Gasteiger partial charge is 0.366 e. The van der Waals surface area contributed by atoms with Crippen molar-refractivity contribution in [1.29, 1.82) is 0 Å². The van der Waals surface area contributed by atoms with Crippen molar-refractivity contribution in [3.8, 4) is 0 Å². The lowest BCUT2D eigenvalue weighted by Crippen LogP contribution is -2.24. The zero-order valence-electron chi connectivity index (χ0n) is 8.47. The maximum atomic E-state index is 12.0. The molecule has 0 saturated carbocycles. The number of rotatable bonds is 3. The zero-order valence-corrected chi connectivity index (χ0v) is 8.47. The molecule has 0 radical (unpaired) electrons. The molecular weight excluding hydrogens is 207 g/mol. The quantitative estimate of drug-likeness (QED) is 0.848. The molecule has 0 amide bonds. The molecule has 6 heteroatoms. The van der Waals surface area contributed by atoms with Crippen molar-refractivity contribution >= 4 is 5.82 Å². The van der Waals surface area contributed by atoms with Gasteiger partial charge in [-0.3, -0.25) is 0 Å². The Hall–Kier alpha value is -1.33. The van der Waals surface area contributed by atoms with E-state index in [-0.39, 0.29) is 0 Å². The number of nitrogens with one attached hydrogen (secondary N) is 1. The molecule has 0 aliphatic heterocycles. The third-order valence-electron chi connectivity index (χ3n) is 1.72. The fourth-order valence-electron chi connectivity index (χ4n) is 1.19. The molecule has 0 aliphatic rings. The highest BCUT2D eigenvalue weighted by molar-refractivity contribution is 5.35. The minimum atomic E-state index is -4.16. The van der Waals surface area contributed by atoms with Crippen LogP contribution >= 0.6 is 0 Å². The maximum Gasteiger partial charge on any atom is 0.391 e. The van der Waals surface area contributed by atoms with Crippen LogP contribution in [0.2, 0.25) is 0 Å². The van der Waals surface area contributed by atoms with E-state index in [2.05, 4.69) is 15.5 Å². The summed E-state index contributed by atoms with van der Waals surface area (Å²) in [6.45, 7) is 3.26. The van der Waals surface area contributed by atoms with Crippen LogP contribution in [0.5, 0.6) is 0 Å². The van der Waals surface area contributed by atoms with Crippen LogP contribution in [0, 0.1) is 6.92 Å². The number of halogens is 3. The molecule has 1 aromatic rings. The van der Waals surface area contributed by atoms with Crippen LogP contribution in [-0.4, -0.2) is 22.4 Å². The first-order chi connectivity index (χ1) is 6.87. The predicted octanol–water partition coefficient (Wildman–Crippen LogP) is 2.54. The third kappa shape index (κ3) is 4.62. The summed E-state index contributed by atoms with van der Waals surface area (Å²) in [6, 6.07) is 0.945. The monoisotopic (exact) mass is 219 g/mol. The fraction of sp³-hybridized carbons (Fsp3) is 0.556. The minimum Gasteiger partial charge on any atom is -0.366 e. The Bertz CT molecular complexity index is 325. The average molecular weight is 219 g/mol. The van der Waals surface area contributed by atoms with Gasteiger partial charge in [-0.1, -0.05) is 0 Å². The second kappa shape index (κ2) is 4.46. The van der Waals surface area contributed by atoms with Crippen molar-refractivity contribution in [2.24, 2.45) is 0 Å². The topological polar surface area (TPSA) is 37.8 Å². The maximum absolute atomic E-state index is 12.0. The zero-order chi connectivity index (χ0) is 11.5. The number of hydrogen-bond acceptors (Lipinski definition) is 3. The van der Waals surface area contributed by atoms with Gasteiger partial charge in [0, 0.05) is 6.04 Å². The Kier molecular flexibility index (Phi) is 3.49. The summed E-state index contributed by atoms with van der Waals surface area (Å²) in [7, 11) is 0. The minimum absolute atomic E-state index is 0.367. The molecule has 3 nitrogen and oxygen atoms in total. The third-order valence-corrected chi connectivity index (χ3v) is 1.72. The molecule has 1 rings (SSSR count). The first-order valence-corrected chi connectivity index (χ1v) is 4.49. The number of nitrogens with zero attached hydrogens (tertiary/aromatic N) is 2. The average Bonchev–Trinajstić information content (AvgIpc) is 1.99. The van der Waals surface area contributed by atoms with Crippen LogP contribution in [0.4, 0.5) is 19.0 Å². The Morgan fingerprint density at radius 3 is 2.67 bits per heavy atom. The van der Waals surface area contributed by atoms with Crippen molar-refractivity contribution < 1.29 is 13.2 Å². The molecule has 0 aliphatic carbocycles. The van der Waals surface area contributed by atoms with Gasteiger partial charge in [-0.25, -0.2) is 0 Å². The summed E-state index contributed by atoms with van der Waals surface area (Å²) >= 11 is 0. The molecular formula is C9H12F3N3. The van der Waals surface area contributed by atoms with Gasteiger partial charge in [-0.15, -0.1) is 5.10 Å². The second-order valence-corrected chi connectivity index (χ2v) is 3.48. The van der Waals surface area contributed by atoms with E-state index < -0.39 is 18.6 Å². The normalized spacial score (nSPS) is 13.7. The second-order valence-electron chi connectivity index (χ2n) is 3.48. The molecule has 0 bridgehead atoms. The van der Waals surface area contributed by atoms with Gasteiger partial charge < -0.3 is 5.32 Å². The summed E-state index contributed by atoms with van der Waals surface area (Å²) in [5.41, 5.74) is 0.853. The standard InChI is InChI=1S/C9H12F3N3/c1-6-3-8(15-13-5-6)14-7(2)4-9(10,11)12/h3,5,7H,4H2,1-2H3,(H,14,15). The van der Waals surface area contributed by atoms with Gasteiger partial charge in [0.05, 0.1) is 12.6 Å². The van der Waals surface area contributed by atoms with E-state index in [0.717, 1.165) is 5.56 Å². The number of alkyl halides is 3. The lowest BCUT2D eigenvalue weighted by Gasteiger charge is -2.15. The Morgan fingerprint density at radius 2 is 2.13 bits per heavy atom. The Balaban J connectivity index is 2.55. The van der Waals surface area contributed by atoms with Crippen molar-refractivity contribution in [1.82, 2.24) is 10.2 Å². The van der Waals surface area contributed by atoms with Gasteiger partial charge >= 0.3 is 6.18 Å². The van der Waals surface area contributed by atoms with Crippen LogP contribution in [0.1, 0.15) is 18.9 Å². The summed E-state index contributed by atoms with van der Waals surface area (Å²) in [5.74, 6) is 0.367.